The Morgan fingerprint density at radius 3 is 3.00 bits per heavy atom. The molecule has 0 atom stereocenters. The molecule has 0 fully saturated rings. The Kier molecular flexibility index (Phi) is 3.05. The van der Waals surface area contributed by atoms with Gasteiger partial charge < -0.3 is 5.73 Å². The first kappa shape index (κ1) is 9.00. The third kappa shape index (κ3) is 2.51. The van der Waals surface area contributed by atoms with Crippen LogP contribution in [-0.4, -0.2) is 5.91 Å². The van der Waals surface area contributed by atoms with Gasteiger partial charge in [0, 0.05) is 11.3 Å². The molecule has 2 nitrogen and oxygen atoms in total. The predicted octanol–water partition coefficient (Wildman–Crippen LogP) is 1.95. The van der Waals surface area contributed by atoms with Crippen molar-refractivity contribution in [3.63, 3.8) is 0 Å². The molecule has 1 aromatic rings. The summed E-state index contributed by atoms with van der Waals surface area (Å²) in [5.74, 6) is -0.291. The van der Waals surface area contributed by atoms with Crippen molar-refractivity contribution in [1.82, 2.24) is 0 Å². The average Bonchev–Trinajstić information content (AvgIpc) is 2.36. The van der Waals surface area contributed by atoms with Crippen LogP contribution in [-0.2, 0) is 4.79 Å². The highest BCUT2D eigenvalue weighted by molar-refractivity contribution is 7.11. The van der Waals surface area contributed by atoms with E-state index < -0.39 is 0 Å². The normalized spacial score (nSPS) is 10.8. The van der Waals surface area contributed by atoms with Gasteiger partial charge in [-0.3, -0.25) is 4.79 Å². The van der Waals surface area contributed by atoms with Crippen LogP contribution in [0.25, 0.3) is 6.08 Å². The zero-order chi connectivity index (χ0) is 8.97. The first-order valence-corrected chi connectivity index (χ1v) is 4.57. The van der Waals surface area contributed by atoms with Gasteiger partial charge in [0.05, 0.1) is 0 Å². The largest absolute Gasteiger partial charge is 0.369 e. The molecule has 64 valence electrons. The van der Waals surface area contributed by atoms with Crippen molar-refractivity contribution in [3.05, 3.63) is 28.0 Å². The fraction of sp³-hybridized carbons (Fsp3) is 0.222. The molecule has 0 aromatic carbocycles. The van der Waals surface area contributed by atoms with Crippen molar-refractivity contribution >= 4 is 23.3 Å². The van der Waals surface area contributed by atoms with Gasteiger partial charge in [0.25, 0.3) is 0 Å². The van der Waals surface area contributed by atoms with Gasteiger partial charge in [-0.25, -0.2) is 0 Å². The summed E-state index contributed by atoms with van der Waals surface area (Å²) in [6, 6.07) is 2.05. The lowest BCUT2D eigenvalue weighted by atomic mass is 10.2. The van der Waals surface area contributed by atoms with Gasteiger partial charge in [0.15, 0.2) is 0 Å². The second kappa shape index (κ2) is 4.07. The molecule has 0 spiro atoms. The van der Waals surface area contributed by atoms with E-state index in [1.807, 2.05) is 18.4 Å². The third-order valence-electron chi connectivity index (χ3n) is 1.49. The van der Waals surface area contributed by atoms with Crippen LogP contribution in [0.3, 0.4) is 0 Å². The molecule has 0 unspecified atom stereocenters. The fourth-order valence-corrected chi connectivity index (χ4v) is 1.68. The minimum atomic E-state index is -0.291. The van der Waals surface area contributed by atoms with E-state index in [2.05, 4.69) is 6.07 Å². The number of hydrogen-bond donors (Lipinski definition) is 1. The Morgan fingerprint density at radius 1 is 1.75 bits per heavy atom. The van der Waals surface area contributed by atoms with Crippen LogP contribution in [0.5, 0.6) is 0 Å². The SMILES string of the molecule is Cc1ccsc1C=CCC(N)=O. The summed E-state index contributed by atoms with van der Waals surface area (Å²) in [5, 5.41) is 2.03. The maximum absolute atomic E-state index is 10.4. The first-order chi connectivity index (χ1) is 5.70. The number of hydrogen-bond acceptors (Lipinski definition) is 2. The summed E-state index contributed by atoms with van der Waals surface area (Å²) in [6.45, 7) is 2.04. The zero-order valence-corrected chi connectivity index (χ0v) is 7.73. The molecule has 2 N–H and O–H groups in total. The Labute approximate surface area is 75.7 Å². The van der Waals surface area contributed by atoms with E-state index in [0.29, 0.717) is 6.42 Å². The summed E-state index contributed by atoms with van der Waals surface area (Å²) < 4.78 is 0. The van der Waals surface area contributed by atoms with E-state index in [4.69, 9.17) is 5.73 Å². The van der Waals surface area contributed by atoms with E-state index >= 15 is 0 Å². The van der Waals surface area contributed by atoms with Gasteiger partial charge in [-0.15, -0.1) is 11.3 Å². The molecule has 0 bridgehead atoms. The second-order valence-corrected chi connectivity index (χ2v) is 3.49. The average molecular weight is 181 g/mol. The van der Waals surface area contributed by atoms with Crippen molar-refractivity contribution in [2.75, 3.05) is 0 Å². The molecule has 3 heteroatoms. The van der Waals surface area contributed by atoms with E-state index in [1.165, 1.54) is 10.4 Å². The summed E-state index contributed by atoms with van der Waals surface area (Å²) in [7, 11) is 0. The van der Waals surface area contributed by atoms with Gasteiger partial charge in [0.1, 0.15) is 0 Å². The fourth-order valence-electron chi connectivity index (χ4n) is 0.837. The van der Waals surface area contributed by atoms with Crippen molar-refractivity contribution in [2.45, 2.75) is 13.3 Å². The number of aryl methyl sites for hydroxylation is 1. The Hall–Kier alpha value is -1.09. The van der Waals surface area contributed by atoms with E-state index in [-0.39, 0.29) is 5.91 Å². The van der Waals surface area contributed by atoms with Crippen LogP contribution in [0.15, 0.2) is 17.5 Å². The lowest BCUT2D eigenvalue weighted by Crippen LogP contribution is -2.07. The lowest BCUT2D eigenvalue weighted by molar-refractivity contribution is -0.117. The highest BCUT2D eigenvalue weighted by atomic mass is 32.1. The van der Waals surface area contributed by atoms with Crippen molar-refractivity contribution in [1.29, 1.82) is 0 Å². The summed E-state index contributed by atoms with van der Waals surface area (Å²) >= 11 is 1.66. The van der Waals surface area contributed by atoms with Crippen LogP contribution in [0, 0.1) is 6.92 Å². The number of primary amides is 1. The smallest absolute Gasteiger partial charge is 0.221 e. The molecule has 0 aliphatic rings. The second-order valence-electron chi connectivity index (χ2n) is 2.54. The van der Waals surface area contributed by atoms with Gasteiger partial charge in [-0.2, -0.15) is 0 Å². The molecule has 1 heterocycles. The van der Waals surface area contributed by atoms with Gasteiger partial charge >= 0.3 is 0 Å². The van der Waals surface area contributed by atoms with Crippen molar-refractivity contribution in [2.24, 2.45) is 5.73 Å². The maximum atomic E-state index is 10.4. The molecule has 0 saturated carbocycles. The highest BCUT2D eigenvalue weighted by Crippen LogP contribution is 2.16. The molecular formula is C9H11NOS. The number of amides is 1. The maximum Gasteiger partial charge on any atom is 0.221 e. The molecule has 1 aromatic heterocycles. The quantitative estimate of drug-likeness (QED) is 0.761. The number of thiophene rings is 1. The number of carbonyl (C=O) groups is 1. The third-order valence-corrected chi connectivity index (χ3v) is 2.47. The van der Waals surface area contributed by atoms with Crippen LogP contribution >= 0.6 is 11.3 Å². The Balaban J connectivity index is 2.57. The molecule has 0 aliphatic carbocycles. The van der Waals surface area contributed by atoms with Crippen molar-refractivity contribution < 1.29 is 4.79 Å². The lowest BCUT2D eigenvalue weighted by Gasteiger charge is -1.88. The van der Waals surface area contributed by atoms with Crippen LogP contribution in [0.1, 0.15) is 16.9 Å². The predicted molar refractivity (Wildman–Crippen MR) is 51.9 cm³/mol. The highest BCUT2D eigenvalue weighted by Gasteiger charge is 1.93. The summed E-state index contributed by atoms with van der Waals surface area (Å²) in [6.07, 6.45) is 4.04. The Morgan fingerprint density at radius 2 is 2.50 bits per heavy atom. The van der Waals surface area contributed by atoms with E-state index in [9.17, 15) is 4.79 Å². The van der Waals surface area contributed by atoms with Crippen LogP contribution < -0.4 is 5.73 Å². The monoisotopic (exact) mass is 181 g/mol. The van der Waals surface area contributed by atoms with Gasteiger partial charge in [0.2, 0.25) is 5.91 Å². The number of rotatable bonds is 3. The molecule has 1 amide bonds. The van der Waals surface area contributed by atoms with Crippen molar-refractivity contribution in [3.8, 4) is 0 Å². The zero-order valence-electron chi connectivity index (χ0n) is 6.91. The van der Waals surface area contributed by atoms with Crippen LogP contribution in [0.4, 0.5) is 0 Å². The standard InChI is InChI=1S/C9H11NOS/c1-7-5-6-12-8(7)3-2-4-9(10)11/h2-3,5-6H,4H2,1H3,(H2,10,11). The summed E-state index contributed by atoms with van der Waals surface area (Å²) in [5.41, 5.74) is 6.22. The molecule has 1 rings (SSSR count). The molecule has 12 heavy (non-hydrogen) atoms. The number of nitrogens with two attached hydrogens (primary N) is 1. The molecule has 0 saturated heterocycles. The first-order valence-electron chi connectivity index (χ1n) is 3.69. The van der Waals surface area contributed by atoms with E-state index in [0.717, 1.165) is 0 Å². The van der Waals surface area contributed by atoms with Gasteiger partial charge in [-0.05, 0) is 30.0 Å². The minimum absolute atomic E-state index is 0.291. The number of carbonyl (C=O) groups excluding carboxylic acids is 1. The molecule has 0 radical (unpaired) electrons. The minimum Gasteiger partial charge on any atom is -0.369 e. The molecular weight excluding hydrogens is 170 g/mol. The van der Waals surface area contributed by atoms with Gasteiger partial charge in [-0.1, -0.05) is 6.08 Å². The van der Waals surface area contributed by atoms with E-state index in [1.54, 1.807) is 17.4 Å². The topological polar surface area (TPSA) is 43.1 Å². The summed E-state index contributed by atoms with van der Waals surface area (Å²) in [4.78, 5) is 11.6. The Bertz CT molecular complexity index is 301. The van der Waals surface area contributed by atoms with Crippen LogP contribution in [0.2, 0.25) is 0 Å². The molecule has 0 aliphatic heterocycles.